The highest BCUT2D eigenvalue weighted by atomic mass is 16.5. The molecule has 1 saturated carbocycles. The molecule has 4 heteroatoms. The first-order valence-corrected chi connectivity index (χ1v) is 8.16. The fourth-order valence-corrected chi connectivity index (χ4v) is 3.37. The maximum absolute atomic E-state index is 12.1. The van der Waals surface area contributed by atoms with Crippen molar-refractivity contribution in [1.29, 1.82) is 0 Å². The molecule has 0 spiro atoms. The van der Waals surface area contributed by atoms with Gasteiger partial charge in [0.15, 0.2) is 0 Å². The first-order chi connectivity index (χ1) is 10.5. The molecule has 0 saturated heterocycles. The second-order valence-corrected chi connectivity index (χ2v) is 6.37. The quantitative estimate of drug-likeness (QED) is 0.819. The lowest BCUT2D eigenvalue weighted by molar-refractivity contribution is 0.0433. The minimum atomic E-state index is -0.440. The molecule has 2 N–H and O–H groups in total. The Labute approximate surface area is 132 Å². The van der Waals surface area contributed by atoms with Crippen molar-refractivity contribution in [2.75, 3.05) is 13.2 Å². The van der Waals surface area contributed by atoms with E-state index in [0.29, 0.717) is 17.7 Å². The summed E-state index contributed by atoms with van der Waals surface area (Å²) in [6.45, 7) is 3.94. The third-order valence-electron chi connectivity index (χ3n) is 4.74. The van der Waals surface area contributed by atoms with Gasteiger partial charge in [0.1, 0.15) is 12.4 Å². The second kappa shape index (κ2) is 7.14. The number of phenols is 1. The summed E-state index contributed by atoms with van der Waals surface area (Å²) in [4.78, 5) is 12.1. The molecule has 0 heterocycles. The molecule has 0 amide bonds. The molecular formula is C18H26O4. The van der Waals surface area contributed by atoms with E-state index in [2.05, 4.69) is 6.92 Å². The lowest BCUT2D eigenvalue weighted by Crippen LogP contribution is -2.26. The van der Waals surface area contributed by atoms with Crippen LogP contribution in [0.2, 0.25) is 0 Å². The summed E-state index contributed by atoms with van der Waals surface area (Å²) >= 11 is 0. The van der Waals surface area contributed by atoms with Gasteiger partial charge in [-0.2, -0.15) is 0 Å². The summed E-state index contributed by atoms with van der Waals surface area (Å²) in [5.74, 6) is -0.116. The third kappa shape index (κ3) is 3.43. The summed E-state index contributed by atoms with van der Waals surface area (Å²) in [7, 11) is 0. The number of hydrogen-bond donors (Lipinski definition) is 2. The van der Waals surface area contributed by atoms with Gasteiger partial charge in [-0.25, -0.2) is 4.79 Å². The van der Waals surface area contributed by atoms with Crippen molar-refractivity contribution >= 4 is 5.97 Å². The average Bonchev–Trinajstić information content (AvgIpc) is 2.53. The summed E-state index contributed by atoms with van der Waals surface area (Å²) in [6.07, 6.45) is 6.25. The van der Waals surface area contributed by atoms with E-state index in [1.807, 2.05) is 6.92 Å². The Hall–Kier alpha value is -1.55. The van der Waals surface area contributed by atoms with Gasteiger partial charge in [0.05, 0.1) is 12.2 Å². The van der Waals surface area contributed by atoms with Gasteiger partial charge < -0.3 is 14.9 Å². The zero-order valence-electron chi connectivity index (χ0n) is 13.5. The maximum atomic E-state index is 12.1. The van der Waals surface area contributed by atoms with Crippen LogP contribution in [0.3, 0.4) is 0 Å². The van der Waals surface area contributed by atoms with E-state index in [0.717, 1.165) is 36.8 Å². The number of aliphatic hydroxyl groups is 1. The fraction of sp³-hybridized carbons (Fsp3) is 0.611. The van der Waals surface area contributed by atoms with Gasteiger partial charge in [0.25, 0.3) is 0 Å². The molecule has 0 aliphatic heterocycles. The van der Waals surface area contributed by atoms with Gasteiger partial charge in [-0.3, -0.25) is 0 Å². The zero-order chi connectivity index (χ0) is 16.2. The molecule has 0 radical (unpaired) electrons. The van der Waals surface area contributed by atoms with Crippen LogP contribution in [0, 0.1) is 0 Å². The van der Waals surface area contributed by atoms with Crippen LogP contribution < -0.4 is 0 Å². The maximum Gasteiger partial charge on any atom is 0.338 e. The van der Waals surface area contributed by atoms with Crippen molar-refractivity contribution in [1.82, 2.24) is 0 Å². The van der Waals surface area contributed by atoms with E-state index in [-0.39, 0.29) is 18.6 Å². The molecule has 1 aliphatic carbocycles. The van der Waals surface area contributed by atoms with E-state index in [1.165, 1.54) is 6.42 Å². The lowest BCUT2D eigenvalue weighted by Gasteiger charge is -2.35. The van der Waals surface area contributed by atoms with E-state index in [4.69, 9.17) is 9.84 Å². The Balaban J connectivity index is 2.41. The van der Waals surface area contributed by atoms with E-state index >= 15 is 0 Å². The molecule has 4 nitrogen and oxygen atoms in total. The highest BCUT2D eigenvalue weighted by Crippen LogP contribution is 2.44. The molecule has 0 unspecified atom stereocenters. The van der Waals surface area contributed by atoms with Crippen LogP contribution in [0.25, 0.3) is 0 Å². The first-order valence-electron chi connectivity index (χ1n) is 8.16. The smallest absolute Gasteiger partial charge is 0.338 e. The predicted octanol–water partition coefficient (Wildman–Crippen LogP) is 3.33. The second-order valence-electron chi connectivity index (χ2n) is 6.37. The summed E-state index contributed by atoms with van der Waals surface area (Å²) < 4.78 is 5.02. The van der Waals surface area contributed by atoms with Crippen LogP contribution in [-0.4, -0.2) is 29.4 Å². The SMILES string of the molecule is CCc1cc(C(=O)OCCO)cc(C2(C)CCCCC2)c1O. The van der Waals surface area contributed by atoms with Crippen molar-refractivity contribution in [2.24, 2.45) is 0 Å². The molecule has 122 valence electrons. The molecule has 1 aromatic rings. The fourth-order valence-electron chi connectivity index (χ4n) is 3.37. The summed E-state index contributed by atoms with van der Waals surface area (Å²) in [5, 5.41) is 19.4. The lowest BCUT2D eigenvalue weighted by atomic mass is 9.70. The molecule has 2 rings (SSSR count). The van der Waals surface area contributed by atoms with Crippen molar-refractivity contribution < 1.29 is 19.7 Å². The van der Waals surface area contributed by atoms with Gasteiger partial charge in [-0.1, -0.05) is 33.1 Å². The van der Waals surface area contributed by atoms with Crippen LogP contribution >= 0.6 is 0 Å². The van der Waals surface area contributed by atoms with Gasteiger partial charge in [0.2, 0.25) is 0 Å². The van der Waals surface area contributed by atoms with Gasteiger partial charge in [-0.15, -0.1) is 0 Å². The number of ether oxygens (including phenoxy) is 1. The molecule has 1 fully saturated rings. The van der Waals surface area contributed by atoms with Crippen LogP contribution in [0.4, 0.5) is 0 Å². The minimum absolute atomic E-state index is 0.00618. The summed E-state index contributed by atoms with van der Waals surface area (Å²) in [5.41, 5.74) is 2.02. The zero-order valence-corrected chi connectivity index (χ0v) is 13.5. The topological polar surface area (TPSA) is 66.8 Å². The van der Waals surface area contributed by atoms with E-state index in [9.17, 15) is 9.90 Å². The normalized spacial score (nSPS) is 17.2. The number of carbonyl (C=O) groups excluding carboxylic acids is 1. The van der Waals surface area contributed by atoms with Crippen LogP contribution in [0.5, 0.6) is 5.75 Å². The predicted molar refractivity (Wildman–Crippen MR) is 85.3 cm³/mol. The van der Waals surface area contributed by atoms with E-state index < -0.39 is 5.97 Å². The van der Waals surface area contributed by atoms with Crippen LogP contribution in [0.1, 0.15) is 67.4 Å². The summed E-state index contributed by atoms with van der Waals surface area (Å²) in [6, 6.07) is 3.48. The molecular weight excluding hydrogens is 280 g/mol. The number of benzene rings is 1. The van der Waals surface area contributed by atoms with Crippen molar-refractivity contribution in [3.8, 4) is 5.75 Å². The largest absolute Gasteiger partial charge is 0.507 e. The Kier molecular flexibility index (Phi) is 5.46. The number of phenolic OH excluding ortho intramolecular Hbond substituents is 1. The number of hydrogen-bond acceptors (Lipinski definition) is 4. The Morgan fingerprint density at radius 2 is 1.95 bits per heavy atom. The number of aromatic hydroxyl groups is 1. The molecule has 0 bridgehead atoms. The van der Waals surface area contributed by atoms with Crippen molar-refractivity contribution in [3.63, 3.8) is 0 Å². The van der Waals surface area contributed by atoms with Crippen molar-refractivity contribution in [3.05, 3.63) is 28.8 Å². The third-order valence-corrected chi connectivity index (χ3v) is 4.74. The van der Waals surface area contributed by atoms with E-state index in [1.54, 1.807) is 12.1 Å². The highest BCUT2D eigenvalue weighted by Gasteiger charge is 2.32. The molecule has 1 aromatic carbocycles. The number of esters is 1. The van der Waals surface area contributed by atoms with Crippen LogP contribution in [-0.2, 0) is 16.6 Å². The Bertz CT molecular complexity index is 530. The van der Waals surface area contributed by atoms with Crippen LogP contribution in [0.15, 0.2) is 12.1 Å². The number of aliphatic hydroxyl groups excluding tert-OH is 1. The van der Waals surface area contributed by atoms with Gasteiger partial charge in [-0.05, 0) is 42.4 Å². The minimum Gasteiger partial charge on any atom is -0.507 e. The number of rotatable bonds is 5. The average molecular weight is 306 g/mol. The Morgan fingerprint density at radius 3 is 2.55 bits per heavy atom. The first kappa shape index (κ1) is 16.8. The molecule has 0 aromatic heterocycles. The van der Waals surface area contributed by atoms with Crippen molar-refractivity contribution in [2.45, 2.75) is 57.8 Å². The van der Waals surface area contributed by atoms with Gasteiger partial charge >= 0.3 is 5.97 Å². The Morgan fingerprint density at radius 1 is 1.27 bits per heavy atom. The monoisotopic (exact) mass is 306 g/mol. The molecule has 22 heavy (non-hydrogen) atoms. The highest BCUT2D eigenvalue weighted by molar-refractivity contribution is 5.90. The molecule has 0 atom stereocenters. The standard InChI is InChI=1S/C18H26O4/c1-3-13-11-14(17(21)22-10-9-19)12-15(16(13)20)18(2)7-5-4-6-8-18/h11-12,19-20H,3-10H2,1-2H3. The molecule has 1 aliphatic rings. The van der Waals surface area contributed by atoms with Gasteiger partial charge in [0, 0.05) is 5.56 Å². The number of aryl methyl sites for hydroxylation is 1. The number of carbonyl (C=O) groups is 1.